The van der Waals surface area contributed by atoms with E-state index in [1.807, 2.05) is 24.4 Å². The summed E-state index contributed by atoms with van der Waals surface area (Å²) in [5, 5.41) is 1.56. The van der Waals surface area contributed by atoms with Gasteiger partial charge in [0.1, 0.15) is 5.75 Å². The first-order valence-corrected chi connectivity index (χ1v) is 12.2. The van der Waals surface area contributed by atoms with E-state index in [4.69, 9.17) is 20.3 Å². The summed E-state index contributed by atoms with van der Waals surface area (Å²) in [6.45, 7) is 0.624. The highest BCUT2D eigenvalue weighted by molar-refractivity contribution is 5.83. The van der Waals surface area contributed by atoms with Crippen molar-refractivity contribution in [3.05, 3.63) is 89.5 Å². The second-order valence-corrected chi connectivity index (χ2v) is 9.20. The molecule has 0 saturated carbocycles. The molecule has 6 nitrogen and oxygen atoms in total. The number of hydrogen-bond donors (Lipinski definition) is 1. The summed E-state index contributed by atoms with van der Waals surface area (Å²) in [6.07, 6.45) is 5.52. The van der Waals surface area contributed by atoms with Crippen LogP contribution < -0.4 is 10.5 Å². The Morgan fingerprint density at radius 1 is 1.03 bits per heavy atom. The molecule has 180 valence electrons. The highest BCUT2D eigenvalue weighted by Gasteiger charge is 2.43. The number of nitrogens with zero attached hydrogens (tertiary/aromatic N) is 3. The van der Waals surface area contributed by atoms with E-state index in [9.17, 15) is 0 Å². The zero-order valence-electron chi connectivity index (χ0n) is 20.4. The van der Waals surface area contributed by atoms with Gasteiger partial charge in [0.25, 0.3) is 0 Å². The number of hydrogen-bond acceptors (Lipinski definition) is 6. The lowest BCUT2D eigenvalue weighted by Gasteiger charge is -2.31. The summed E-state index contributed by atoms with van der Waals surface area (Å²) in [5.41, 5.74) is 10.8. The molecule has 3 aromatic rings. The molecule has 2 aliphatic rings. The van der Waals surface area contributed by atoms with Crippen molar-refractivity contribution in [2.45, 2.75) is 37.3 Å². The van der Waals surface area contributed by atoms with Gasteiger partial charge in [-0.15, -0.1) is 0 Å². The summed E-state index contributed by atoms with van der Waals surface area (Å²) in [5.74, 6) is 1.59. The van der Waals surface area contributed by atoms with Gasteiger partial charge in [0, 0.05) is 26.7 Å². The van der Waals surface area contributed by atoms with Gasteiger partial charge in [-0.05, 0) is 65.6 Å². The normalized spacial score (nSPS) is 22.6. The number of benzene rings is 3. The Hall–Kier alpha value is -3.64. The number of ether oxygens (including phenoxy) is 1. The maximum Gasteiger partial charge on any atom is 0.218 e. The zero-order chi connectivity index (χ0) is 24.3. The fourth-order valence-corrected chi connectivity index (χ4v) is 5.09. The molecular formula is C29H32N4O2. The van der Waals surface area contributed by atoms with Crippen LogP contribution in [0.4, 0.5) is 0 Å². The van der Waals surface area contributed by atoms with E-state index in [0.717, 1.165) is 47.3 Å². The maximum absolute atomic E-state index is 6.40. The Kier molecular flexibility index (Phi) is 6.55. The van der Waals surface area contributed by atoms with Crippen molar-refractivity contribution in [2.75, 3.05) is 20.7 Å². The Balaban J connectivity index is 1.54. The molecule has 0 radical (unpaired) electrons. The Bertz CT molecular complexity index is 1240. The molecule has 6 heteroatoms. The molecule has 2 aliphatic heterocycles. The number of guanidine groups is 1. The van der Waals surface area contributed by atoms with Gasteiger partial charge in [-0.1, -0.05) is 54.6 Å². The average molecular weight is 469 g/mol. The van der Waals surface area contributed by atoms with Crippen LogP contribution in [0, 0.1) is 0 Å². The van der Waals surface area contributed by atoms with E-state index in [0.29, 0.717) is 24.9 Å². The summed E-state index contributed by atoms with van der Waals surface area (Å²) in [7, 11) is 3.58. The van der Waals surface area contributed by atoms with E-state index >= 15 is 0 Å². The molecule has 3 aromatic carbocycles. The van der Waals surface area contributed by atoms with Crippen LogP contribution in [-0.2, 0) is 10.6 Å². The van der Waals surface area contributed by atoms with E-state index in [1.165, 1.54) is 5.56 Å². The lowest BCUT2D eigenvalue weighted by atomic mass is 9.87. The molecule has 1 spiro atoms. The number of rotatable bonds is 3. The van der Waals surface area contributed by atoms with E-state index in [2.05, 4.69) is 59.6 Å². The molecule has 0 bridgehead atoms. The van der Waals surface area contributed by atoms with Crippen molar-refractivity contribution < 1.29 is 9.57 Å². The van der Waals surface area contributed by atoms with E-state index in [1.54, 1.807) is 19.2 Å². The highest BCUT2D eigenvalue weighted by atomic mass is 16.7. The molecule has 2 atom stereocenters. The van der Waals surface area contributed by atoms with Crippen LogP contribution in [-0.4, -0.2) is 37.9 Å². The largest absolute Gasteiger partial charge is 0.493 e. The van der Waals surface area contributed by atoms with Gasteiger partial charge >= 0.3 is 0 Å². The van der Waals surface area contributed by atoms with Gasteiger partial charge in [0.2, 0.25) is 11.7 Å². The molecule has 5 rings (SSSR count). The van der Waals surface area contributed by atoms with Crippen LogP contribution in [0.1, 0.15) is 48.3 Å². The van der Waals surface area contributed by atoms with Crippen LogP contribution in [0.25, 0.3) is 11.1 Å². The fraction of sp³-hybridized carbons (Fsp3) is 0.310. The second kappa shape index (κ2) is 9.92. The van der Waals surface area contributed by atoms with Crippen LogP contribution in [0.2, 0.25) is 0 Å². The summed E-state index contributed by atoms with van der Waals surface area (Å²) in [4.78, 5) is 15.4. The Morgan fingerprint density at radius 3 is 2.63 bits per heavy atom. The first-order chi connectivity index (χ1) is 17.1. The van der Waals surface area contributed by atoms with Crippen LogP contribution in [0.3, 0.4) is 0 Å². The minimum Gasteiger partial charge on any atom is -0.493 e. The number of aliphatic imine (C=N–C) groups is 2. The standard InChI is InChI=1S/C29H32N4O2/c1-31-20-21-8-6-11-24(18-21)25-13-14-27-26(19-25)29(32-28(30)33(2)35-29)16-7-12-23(15-17-34-27)22-9-4-3-5-10-22/h3-6,8-11,13-14,18-20,23H,7,12,15-17H2,1-2H3,(H2,30,32). The monoisotopic (exact) mass is 468 g/mol. The summed E-state index contributed by atoms with van der Waals surface area (Å²) in [6, 6.07) is 25.3. The van der Waals surface area contributed by atoms with E-state index in [-0.39, 0.29) is 0 Å². The van der Waals surface area contributed by atoms with Gasteiger partial charge in [0.05, 0.1) is 12.2 Å². The average Bonchev–Trinajstić information content (AvgIpc) is 3.17. The molecule has 35 heavy (non-hydrogen) atoms. The fourth-order valence-electron chi connectivity index (χ4n) is 5.09. The molecule has 0 aromatic heterocycles. The maximum atomic E-state index is 6.40. The predicted octanol–water partition coefficient (Wildman–Crippen LogP) is 5.48. The lowest BCUT2D eigenvalue weighted by molar-refractivity contribution is -0.177. The molecule has 0 amide bonds. The van der Waals surface area contributed by atoms with Gasteiger partial charge in [-0.2, -0.15) is 0 Å². The first-order valence-electron chi connectivity index (χ1n) is 12.2. The molecular weight excluding hydrogens is 436 g/mol. The Morgan fingerprint density at radius 2 is 1.86 bits per heavy atom. The van der Waals surface area contributed by atoms with Crippen molar-refractivity contribution in [3.8, 4) is 16.9 Å². The molecule has 2 unspecified atom stereocenters. The number of nitrogens with two attached hydrogens (primary N) is 1. The van der Waals surface area contributed by atoms with Gasteiger partial charge < -0.3 is 10.5 Å². The van der Waals surface area contributed by atoms with Gasteiger partial charge in [-0.25, -0.2) is 14.9 Å². The first kappa shape index (κ1) is 23.1. The topological polar surface area (TPSA) is 72.4 Å². The van der Waals surface area contributed by atoms with E-state index < -0.39 is 5.72 Å². The summed E-state index contributed by atoms with van der Waals surface area (Å²) < 4.78 is 6.40. The smallest absolute Gasteiger partial charge is 0.218 e. The van der Waals surface area contributed by atoms with Crippen molar-refractivity contribution in [3.63, 3.8) is 0 Å². The van der Waals surface area contributed by atoms with Crippen molar-refractivity contribution in [2.24, 2.45) is 15.7 Å². The van der Waals surface area contributed by atoms with Crippen LogP contribution in [0.15, 0.2) is 82.8 Å². The third-order valence-electron chi connectivity index (χ3n) is 6.87. The second-order valence-electron chi connectivity index (χ2n) is 9.20. The summed E-state index contributed by atoms with van der Waals surface area (Å²) >= 11 is 0. The molecule has 0 aliphatic carbocycles. The minimum absolute atomic E-state index is 0.374. The SMILES string of the molecule is CN=Cc1cccc(-c2ccc3c(c2)C2(CCCC(c4ccccc4)CCO3)N=C(N)N(C)O2)c1. The van der Waals surface area contributed by atoms with Gasteiger partial charge in [0.15, 0.2) is 0 Å². The van der Waals surface area contributed by atoms with Crippen molar-refractivity contribution in [1.29, 1.82) is 0 Å². The Labute approximate surface area is 207 Å². The van der Waals surface area contributed by atoms with Crippen molar-refractivity contribution >= 4 is 12.2 Å². The molecule has 0 fully saturated rings. The highest BCUT2D eigenvalue weighted by Crippen LogP contribution is 2.45. The molecule has 0 saturated heterocycles. The number of hydroxylamine groups is 2. The van der Waals surface area contributed by atoms with Crippen LogP contribution in [0.5, 0.6) is 5.75 Å². The third-order valence-corrected chi connectivity index (χ3v) is 6.87. The molecule has 2 heterocycles. The zero-order valence-corrected chi connectivity index (χ0v) is 20.4. The van der Waals surface area contributed by atoms with Crippen molar-refractivity contribution in [1.82, 2.24) is 5.06 Å². The van der Waals surface area contributed by atoms with Crippen LogP contribution >= 0.6 is 0 Å². The predicted molar refractivity (Wildman–Crippen MR) is 141 cm³/mol. The third kappa shape index (κ3) is 4.80. The molecule has 2 N–H and O–H groups in total. The quantitative estimate of drug-likeness (QED) is 0.517. The number of fused-ring (bicyclic) bond motifs is 2. The van der Waals surface area contributed by atoms with Gasteiger partial charge in [-0.3, -0.25) is 4.99 Å². The lowest BCUT2D eigenvalue weighted by Crippen LogP contribution is -2.32. The minimum atomic E-state index is -0.911.